The number of carbonyl (C=O) groups excluding carboxylic acids is 1. The van der Waals surface area contributed by atoms with Gasteiger partial charge in [0.2, 0.25) is 0 Å². The highest BCUT2D eigenvalue weighted by atomic mass is 16.5. The molecular weight excluding hydrogens is 280 g/mol. The summed E-state index contributed by atoms with van der Waals surface area (Å²) in [6.45, 7) is 5.70. The summed E-state index contributed by atoms with van der Waals surface area (Å²) < 4.78 is 5.30. The van der Waals surface area contributed by atoms with Crippen molar-refractivity contribution in [2.24, 2.45) is 5.41 Å². The van der Waals surface area contributed by atoms with Crippen LogP contribution in [0.15, 0.2) is 36.4 Å². The Bertz CT molecular complexity index is 711. The lowest BCUT2D eigenvalue weighted by molar-refractivity contribution is -0.154. The van der Waals surface area contributed by atoms with Crippen LogP contribution in [-0.2, 0) is 27.4 Å². The molecule has 0 atom stereocenters. The summed E-state index contributed by atoms with van der Waals surface area (Å²) in [6.07, 6.45) is 0.0148. The van der Waals surface area contributed by atoms with Gasteiger partial charge >= 0.3 is 11.9 Å². The van der Waals surface area contributed by atoms with Crippen LogP contribution in [0.5, 0.6) is 0 Å². The number of hydrogen-bond donors (Lipinski definition) is 1. The van der Waals surface area contributed by atoms with Crippen LogP contribution in [0.3, 0.4) is 0 Å². The number of rotatable bonds is 4. The number of hydrogen-bond acceptors (Lipinski definition) is 3. The van der Waals surface area contributed by atoms with Gasteiger partial charge in [0.1, 0.15) is 6.61 Å². The summed E-state index contributed by atoms with van der Waals surface area (Å²) >= 11 is 0. The lowest BCUT2D eigenvalue weighted by atomic mass is 9.97. The average molecular weight is 300 g/mol. The number of carboxylic acids is 1. The second-order valence-corrected chi connectivity index (χ2v) is 6.41. The number of carboxylic acid groups (broad SMARTS) is 1. The van der Waals surface area contributed by atoms with Crippen LogP contribution < -0.4 is 0 Å². The number of ether oxygens (including phenoxy) is 1. The number of aliphatic carboxylic acids is 1. The molecule has 0 amide bonds. The van der Waals surface area contributed by atoms with Crippen LogP contribution in [0.25, 0.3) is 10.8 Å². The largest absolute Gasteiger partial charge is 0.481 e. The molecule has 4 nitrogen and oxygen atoms in total. The molecule has 0 aromatic heterocycles. The Morgan fingerprint density at radius 2 is 1.55 bits per heavy atom. The maximum Gasteiger partial charge on any atom is 0.311 e. The Morgan fingerprint density at radius 3 is 2.09 bits per heavy atom. The lowest BCUT2D eigenvalue weighted by Gasteiger charge is -2.16. The summed E-state index contributed by atoms with van der Waals surface area (Å²) in [6, 6.07) is 11.3. The van der Waals surface area contributed by atoms with E-state index in [9.17, 15) is 9.59 Å². The third-order valence-electron chi connectivity index (χ3n) is 3.31. The Hall–Kier alpha value is -2.36. The molecule has 0 saturated heterocycles. The van der Waals surface area contributed by atoms with E-state index in [1.165, 1.54) is 0 Å². The molecule has 22 heavy (non-hydrogen) atoms. The van der Waals surface area contributed by atoms with E-state index in [0.717, 1.165) is 21.9 Å². The third kappa shape index (κ3) is 4.07. The predicted octanol–water partition coefficient (Wildman–Crippen LogP) is 3.56. The van der Waals surface area contributed by atoms with E-state index >= 15 is 0 Å². The minimum Gasteiger partial charge on any atom is -0.481 e. The summed E-state index contributed by atoms with van der Waals surface area (Å²) in [4.78, 5) is 22.5. The van der Waals surface area contributed by atoms with E-state index in [2.05, 4.69) is 0 Å². The smallest absolute Gasteiger partial charge is 0.311 e. The molecule has 0 aliphatic rings. The van der Waals surface area contributed by atoms with E-state index in [0.29, 0.717) is 0 Å². The van der Waals surface area contributed by atoms with Gasteiger partial charge in [-0.05, 0) is 48.7 Å². The van der Waals surface area contributed by atoms with Gasteiger partial charge in [0, 0.05) is 0 Å². The molecule has 2 rings (SSSR count). The van der Waals surface area contributed by atoms with Crippen LogP contribution in [0.2, 0.25) is 0 Å². The molecule has 2 aromatic carbocycles. The molecule has 0 radical (unpaired) electrons. The van der Waals surface area contributed by atoms with Gasteiger partial charge in [-0.25, -0.2) is 0 Å². The van der Waals surface area contributed by atoms with E-state index in [-0.39, 0.29) is 19.0 Å². The van der Waals surface area contributed by atoms with E-state index in [1.807, 2.05) is 51.1 Å². The fourth-order valence-electron chi connectivity index (χ4n) is 2.08. The molecule has 4 heteroatoms. The molecule has 1 N–H and O–H groups in total. The third-order valence-corrected chi connectivity index (χ3v) is 3.31. The summed E-state index contributed by atoms with van der Waals surface area (Å²) in [5.41, 5.74) is 1.17. The van der Waals surface area contributed by atoms with E-state index in [1.54, 1.807) is 6.07 Å². The quantitative estimate of drug-likeness (QED) is 0.877. The highest BCUT2D eigenvalue weighted by Crippen LogP contribution is 2.20. The first kappa shape index (κ1) is 16.0. The average Bonchev–Trinajstić information content (AvgIpc) is 2.43. The minimum absolute atomic E-state index is 0.0148. The molecule has 0 spiro atoms. The maximum absolute atomic E-state index is 11.8. The fraction of sp³-hybridized carbons (Fsp3) is 0.333. The van der Waals surface area contributed by atoms with Gasteiger partial charge in [-0.3, -0.25) is 9.59 Å². The van der Waals surface area contributed by atoms with Crippen LogP contribution >= 0.6 is 0 Å². The maximum atomic E-state index is 11.8. The van der Waals surface area contributed by atoms with Gasteiger partial charge in [0.05, 0.1) is 11.8 Å². The highest BCUT2D eigenvalue weighted by Gasteiger charge is 2.22. The van der Waals surface area contributed by atoms with Crippen molar-refractivity contribution in [3.05, 3.63) is 47.5 Å². The van der Waals surface area contributed by atoms with E-state index < -0.39 is 11.4 Å². The summed E-state index contributed by atoms with van der Waals surface area (Å²) in [5.74, 6) is -1.07. The number of carbonyl (C=O) groups is 2. The molecular formula is C18H20O4. The predicted molar refractivity (Wildman–Crippen MR) is 84.5 cm³/mol. The van der Waals surface area contributed by atoms with Gasteiger partial charge in [-0.15, -0.1) is 0 Å². The van der Waals surface area contributed by atoms with Gasteiger partial charge in [-0.1, -0.05) is 30.3 Å². The first-order valence-electron chi connectivity index (χ1n) is 7.16. The van der Waals surface area contributed by atoms with Crippen molar-refractivity contribution in [3.63, 3.8) is 0 Å². The van der Waals surface area contributed by atoms with E-state index in [4.69, 9.17) is 9.84 Å². The molecule has 0 fully saturated rings. The Labute approximate surface area is 129 Å². The minimum atomic E-state index is -0.843. The van der Waals surface area contributed by atoms with Crippen LogP contribution in [0.1, 0.15) is 31.9 Å². The van der Waals surface area contributed by atoms with Crippen molar-refractivity contribution in [2.45, 2.75) is 33.8 Å². The Kier molecular flexibility index (Phi) is 4.50. The molecule has 0 aliphatic heterocycles. The molecule has 116 valence electrons. The van der Waals surface area contributed by atoms with Gasteiger partial charge in [0.15, 0.2) is 0 Å². The van der Waals surface area contributed by atoms with Gasteiger partial charge < -0.3 is 9.84 Å². The van der Waals surface area contributed by atoms with Crippen molar-refractivity contribution in [3.8, 4) is 0 Å². The fourth-order valence-corrected chi connectivity index (χ4v) is 2.08. The van der Waals surface area contributed by atoms with Gasteiger partial charge in [0.25, 0.3) is 0 Å². The number of fused-ring (bicyclic) bond motifs is 1. The van der Waals surface area contributed by atoms with Crippen molar-refractivity contribution in [2.75, 3.05) is 0 Å². The Balaban J connectivity index is 2.14. The zero-order valence-electron chi connectivity index (χ0n) is 13.1. The normalized spacial score (nSPS) is 11.4. The van der Waals surface area contributed by atoms with Crippen molar-refractivity contribution < 1.29 is 19.4 Å². The molecule has 0 saturated carbocycles. The molecule has 2 aromatic rings. The molecule has 0 heterocycles. The molecule has 0 aliphatic carbocycles. The molecule has 0 unspecified atom stereocenters. The van der Waals surface area contributed by atoms with Crippen LogP contribution in [0.4, 0.5) is 0 Å². The first-order valence-corrected chi connectivity index (χ1v) is 7.16. The zero-order chi connectivity index (χ0) is 16.3. The second kappa shape index (κ2) is 6.18. The monoisotopic (exact) mass is 300 g/mol. The van der Waals surface area contributed by atoms with Crippen molar-refractivity contribution >= 4 is 22.7 Å². The molecule has 0 bridgehead atoms. The second-order valence-electron chi connectivity index (χ2n) is 6.41. The topological polar surface area (TPSA) is 63.6 Å². The Morgan fingerprint density at radius 1 is 1.00 bits per heavy atom. The summed E-state index contributed by atoms with van der Waals surface area (Å²) in [7, 11) is 0. The van der Waals surface area contributed by atoms with Gasteiger partial charge in [-0.2, -0.15) is 0 Å². The SMILES string of the molecule is CC(C)(C)C(=O)OCc1ccc2cc(CC(=O)O)ccc2c1. The first-order chi connectivity index (χ1) is 10.3. The van der Waals surface area contributed by atoms with Crippen LogP contribution in [0, 0.1) is 5.41 Å². The van der Waals surface area contributed by atoms with Crippen molar-refractivity contribution in [1.29, 1.82) is 0 Å². The standard InChI is InChI=1S/C18H20O4/c1-18(2,3)17(21)22-11-13-5-7-14-8-12(10-16(19)20)4-6-15(14)9-13/h4-9H,10-11H2,1-3H3,(H,19,20). The zero-order valence-corrected chi connectivity index (χ0v) is 13.1. The highest BCUT2D eigenvalue weighted by molar-refractivity contribution is 5.85. The number of esters is 1. The number of benzene rings is 2. The van der Waals surface area contributed by atoms with Crippen molar-refractivity contribution in [1.82, 2.24) is 0 Å². The lowest BCUT2D eigenvalue weighted by Crippen LogP contribution is -2.22. The summed E-state index contributed by atoms with van der Waals surface area (Å²) in [5, 5.41) is 10.8. The van der Waals surface area contributed by atoms with Crippen LogP contribution in [-0.4, -0.2) is 17.0 Å².